The molecule has 0 bridgehead atoms. The summed E-state index contributed by atoms with van der Waals surface area (Å²) in [5.41, 5.74) is 0.394. The molecular formula is C20H19Cl2N3O4S. The van der Waals surface area contributed by atoms with Crippen LogP contribution in [0.5, 0.6) is 5.75 Å². The minimum atomic E-state index is -0.949. The lowest BCUT2D eigenvalue weighted by Gasteiger charge is -2.14. The molecule has 30 heavy (non-hydrogen) atoms. The third-order valence-corrected chi connectivity index (χ3v) is 5.46. The molecule has 0 aliphatic carbocycles. The molecular weight excluding hydrogens is 449 g/mol. The molecule has 0 saturated heterocycles. The predicted octanol–water partition coefficient (Wildman–Crippen LogP) is 3.31. The summed E-state index contributed by atoms with van der Waals surface area (Å²) in [5, 5.41) is 13.7. The zero-order valence-corrected chi connectivity index (χ0v) is 18.1. The van der Waals surface area contributed by atoms with Crippen molar-refractivity contribution in [2.75, 3.05) is 13.2 Å². The second-order valence-corrected chi connectivity index (χ2v) is 7.68. The van der Waals surface area contributed by atoms with Gasteiger partial charge in [-0.1, -0.05) is 41.4 Å². The molecule has 1 heterocycles. The SMILES string of the molecule is O=C(CCn1c(=S)[nH]c2ccccc2c1=O)NCC(O)COc1cccc(Cl)c1Cl. The van der Waals surface area contributed by atoms with Crippen molar-refractivity contribution in [3.05, 3.63) is 67.6 Å². The summed E-state index contributed by atoms with van der Waals surface area (Å²) in [6, 6.07) is 12.0. The van der Waals surface area contributed by atoms with Crippen molar-refractivity contribution < 1.29 is 14.6 Å². The van der Waals surface area contributed by atoms with Crippen LogP contribution in [0.25, 0.3) is 10.9 Å². The van der Waals surface area contributed by atoms with Gasteiger partial charge in [0.25, 0.3) is 5.56 Å². The topological polar surface area (TPSA) is 96.4 Å². The number of hydrogen-bond acceptors (Lipinski definition) is 5. The number of carbonyl (C=O) groups excluding carboxylic acids is 1. The van der Waals surface area contributed by atoms with E-state index in [0.717, 1.165) is 0 Å². The maximum Gasteiger partial charge on any atom is 0.262 e. The summed E-state index contributed by atoms with van der Waals surface area (Å²) in [4.78, 5) is 27.7. The molecule has 3 rings (SSSR count). The van der Waals surface area contributed by atoms with E-state index >= 15 is 0 Å². The van der Waals surface area contributed by atoms with Gasteiger partial charge in [-0.15, -0.1) is 0 Å². The first kappa shape index (κ1) is 22.3. The average Bonchev–Trinajstić information content (AvgIpc) is 2.73. The lowest BCUT2D eigenvalue weighted by Crippen LogP contribution is -2.36. The number of amides is 1. The van der Waals surface area contributed by atoms with Crippen LogP contribution in [-0.2, 0) is 11.3 Å². The van der Waals surface area contributed by atoms with Crippen molar-refractivity contribution in [2.45, 2.75) is 19.1 Å². The number of ether oxygens (including phenoxy) is 1. The van der Waals surface area contributed by atoms with Crippen molar-refractivity contribution >= 4 is 52.2 Å². The zero-order chi connectivity index (χ0) is 21.7. The van der Waals surface area contributed by atoms with Crippen LogP contribution >= 0.6 is 35.4 Å². The van der Waals surface area contributed by atoms with E-state index in [1.807, 2.05) is 0 Å². The number of aliphatic hydroxyl groups excluding tert-OH is 1. The van der Waals surface area contributed by atoms with Crippen LogP contribution in [0.1, 0.15) is 6.42 Å². The lowest BCUT2D eigenvalue weighted by molar-refractivity contribution is -0.121. The molecule has 0 fully saturated rings. The van der Waals surface area contributed by atoms with E-state index in [0.29, 0.717) is 21.7 Å². The molecule has 3 N–H and O–H groups in total. The number of benzene rings is 2. The first-order valence-electron chi connectivity index (χ1n) is 9.10. The Morgan fingerprint density at radius 1 is 1.23 bits per heavy atom. The molecule has 1 amide bonds. The second kappa shape index (κ2) is 10.1. The van der Waals surface area contributed by atoms with Crippen LogP contribution in [0.4, 0.5) is 0 Å². The van der Waals surface area contributed by atoms with Gasteiger partial charge in [-0.05, 0) is 36.5 Å². The quantitative estimate of drug-likeness (QED) is 0.441. The van der Waals surface area contributed by atoms with Gasteiger partial charge < -0.3 is 20.1 Å². The molecule has 158 valence electrons. The number of carbonyl (C=O) groups is 1. The summed E-state index contributed by atoms with van der Waals surface area (Å²) in [6.07, 6.45) is -0.918. The Morgan fingerprint density at radius 2 is 2.00 bits per heavy atom. The van der Waals surface area contributed by atoms with Crippen LogP contribution in [-0.4, -0.2) is 39.8 Å². The van der Waals surface area contributed by atoms with Gasteiger partial charge in [0.15, 0.2) is 4.77 Å². The van der Waals surface area contributed by atoms with E-state index in [9.17, 15) is 14.7 Å². The number of halogens is 2. The number of aromatic nitrogens is 2. The fourth-order valence-electron chi connectivity index (χ4n) is 2.78. The van der Waals surface area contributed by atoms with Crippen LogP contribution < -0.4 is 15.6 Å². The highest BCUT2D eigenvalue weighted by Crippen LogP contribution is 2.31. The summed E-state index contributed by atoms with van der Waals surface area (Å²) in [7, 11) is 0. The molecule has 1 unspecified atom stereocenters. The molecule has 0 aliphatic heterocycles. The lowest BCUT2D eigenvalue weighted by atomic mass is 10.2. The summed E-state index contributed by atoms with van der Waals surface area (Å²) < 4.78 is 7.03. The number of aromatic amines is 1. The predicted molar refractivity (Wildman–Crippen MR) is 119 cm³/mol. The highest BCUT2D eigenvalue weighted by atomic mass is 35.5. The standard InChI is InChI=1S/C20H19Cl2N3O4S/c21-14-5-3-7-16(18(14)22)29-11-12(26)10-23-17(27)8-9-25-19(28)13-4-1-2-6-15(13)24-20(25)30/h1-7,12,26H,8-11H2,(H,23,27)(H,24,30). The minimum Gasteiger partial charge on any atom is -0.489 e. The van der Waals surface area contributed by atoms with Crippen molar-refractivity contribution in [2.24, 2.45) is 0 Å². The number of nitrogens with one attached hydrogen (secondary N) is 2. The molecule has 7 nitrogen and oxygen atoms in total. The smallest absolute Gasteiger partial charge is 0.262 e. The van der Waals surface area contributed by atoms with Gasteiger partial charge in [-0.25, -0.2) is 0 Å². The minimum absolute atomic E-state index is 0.0174. The summed E-state index contributed by atoms with van der Waals surface area (Å²) >= 11 is 17.1. The Morgan fingerprint density at radius 3 is 2.80 bits per heavy atom. The van der Waals surface area contributed by atoms with E-state index in [1.165, 1.54) is 4.57 Å². The third-order valence-electron chi connectivity index (χ3n) is 4.33. The number of para-hydroxylation sites is 1. The third kappa shape index (κ3) is 5.40. The Labute approximate surface area is 187 Å². The maximum atomic E-state index is 12.6. The van der Waals surface area contributed by atoms with Gasteiger partial charge in [-0.2, -0.15) is 0 Å². The largest absolute Gasteiger partial charge is 0.489 e. The molecule has 0 radical (unpaired) electrons. The number of H-pyrrole nitrogens is 1. The van der Waals surface area contributed by atoms with Crippen LogP contribution in [0.15, 0.2) is 47.3 Å². The van der Waals surface area contributed by atoms with E-state index < -0.39 is 6.10 Å². The zero-order valence-electron chi connectivity index (χ0n) is 15.7. The molecule has 0 saturated carbocycles. The number of aliphatic hydroxyl groups is 1. The van der Waals surface area contributed by atoms with Crippen molar-refractivity contribution in [1.82, 2.24) is 14.9 Å². The van der Waals surface area contributed by atoms with Crippen LogP contribution in [0.3, 0.4) is 0 Å². The first-order valence-corrected chi connectivity index (χ1v) is 10.3. The Balaban J connectivity index is 1.50. The molecule has 0 aliphatic rings. The normalized spacial score (nSPS) is 12.0. The molecule has 1 atom stereocenters. The van der Waals surface area contributed by atoms with Gasteiger partial charge >= 0.3 is 0 Å². The van der Waals surface area contributed by atoms with Crippen molar-refractivity contribution in [1.29, 1.82) is 0 Å². The van der Waals surface area contributed by atoms with Crippen molar-refractivity contribution in [3.8, 4) is 5.75 Å². The van der Waals surface area contributed by atoms with Gasteiger partial charge in [0.05, 0.1) is 15.9 Å². The Bertz CT molecular complexity index is 1180. The molecule has 3 aromatic rings. The second-order valence-electron chi connectivity index (χ2n) is 6.50. The van der Waals surface area contributed by atoms with E-state index in [-0.39, 0.29) is 47.4 Å². The van der Waals surface area contributed by atoms with Crippen molar-refractivity contribution in [3.63, 3.8) is 0 Å². The molecule has 1 aromatic heterocycles. The van der Waals surface area contributed by atoms with Gasteiger partial charge in [0.2, 0.25) is 5.91 Å². The Kier molecular flexibility index (Phi) is 7.49. The Hall–Kier alpha value is -2.39. The highest BCUT2D eigenvalue weighted by molar-refractivity contribution is 7.71. The maximum absolute atomic E-state index is 12.6. The molecule has 10 heteroatoms. The highest BCUT2D eigenvalue weighted by Gasteiger charge is 2.12. The first-order chi connectivity index (χ1) is 14.4. The van der Waals surface area contributed by atoms with Crippen LogP contribution in [0, 0.1) is 4.77 Å². The molecule has 0 spiro atoms. The number of fused-ring (bicyclic) bond motifs is 1. The molecule has 2 aromatic carbocycles. The number of hydrogen-bond donors (Lipinski definition) is 3. The number of nitrogens with zero attached hydrogens (tertiary/aromatic N) is 1. The van der Waals surface area contributed by atoms with E-state index in [1.54, 1.807) is 42.5 Å². The fraction of sp³-hybridized carbons (Fsp3) is 0.250. The van der Waals surface area contributed by atoms with Gasteiger partial charge in [0.1, 0.15) is 23.5 Å². The van der Waals surface area contributed by atoms with E-state index in [2.05, 4.69) is 10.3 Å². The fourth-order valence-corrected chi connectivity index (χ4v) is 3.41. The summed E-state index contributed by atoms with van der Waals surface area (Å²) in [6.45, 7) is 0.0296. The summed E-state index contributed by atoms with van der Waals surface area (Å²) in [5.74, 6) is 0.0174. The van der Waals surface area contributed by atoms with Crippen LogP contribution in [0.2, 0.25) is 10.0 Å². The van der Waals surface area contributed by atoms with Gasteiger partial charge in [0, 0.05) is 19.5 Å². The van der Waals surface area contributed by atoms with E-state index in [4.69, 9.17) is 40.2 Å². The average molecular weight is 468 g/mol. The van der Waals surface area contributed by atoms with Gasteiger partial charge in [-0.3, -0.25) is 14.2 Å². The monoisotopic (exact) mass is 467 g/mol. The number of rotatable bonds is 8.